The van der Waals surface area contributed by atoms with E-state index in [0.717, 1.165) is 47.4 Å². The molecule has 3 rings (SSSR count). The minimum atomic E-state index is -0.185. The van der Waals surface area contributed by atoms with Crippen LogP contribution in [0.1, 0.15) is 30.2 Å². The molecule has 0 spiro atoms. The van der Waals surface area contributed by atoms with Crippen LogP contribution in [0.5, 0.6) is 0 Å². The Morgan fingerprint density at radius 2 is 2.11 bits per heavy atom. The summed E-state index contributed by atoms with van der Waals surface area (Å²) in [5.74, 6) is 0.473. The first-order valence-corrected chi connectivity index (χ1v) is 7.56. The van der Waals surface area contributed by atoms with Gasteiger partial charge in [-0.15, -0.1) is 11.3 Å². The predicted molar refractivity (Wildman–Crippen MR) is 76.9 cm³/mol. The number of benzene rings is 1. The van der Waals surface area contributed by atoms with Crippen LogP contribution < -0.4 is 5.73 Å². The Morgan fingerprint density at radius 3 is 2.89 bits per heavy atom. The third-order valence-corrected chi connectivity index (χ3v) is 5.04. The second kappa shape index (κ2) is 5.57. The molecule has 2 heterocycles. The molecule has 4 heteroatoms. The van der Waals surface area contributed by atoms with Crippen LogP contribution in [-0.4, -0.2) is 13.2 Å². The lowest BCUT2D eigenvalue weighted by Gasteiger charge is -2.24. The summed E-state index contributed by atoms with van der Waals surface area (Å²) in [5, 5.41) is 0.961. The van der Waals surface area contributed by atoms with Crippen molar-refractivity contribution in [1.82, 2.24) is 0 Å². The molecule has 1 aliphatic heterocycles. The summed E-state index contributed by atoms with van der Waals surface area (Å²) in [5.41, 5.74) is 6.30. The number of hydrogen-bond acceptors (Lipinski definition) is 3. The number of halogens is 1. The van der Waals surface area contributed by atoms with Gasteiger partial charge in [-0.2, -0.15) is 0 Å². The van der Waals surface area contributed by atoms with E-state index in [1.165, 1.54) is 6.07 Å². The van der Waals surface area contributed by atoms with Gasteiger partial charge >= 0.3 is 0 Å². The summed E-state index contributed by atoms with van der Waals surface area (Å²) in [7, 11) is 0. The molecule has 2 N–H and O–H groups in total. The lowest BCUT2D eigenvalue weighted by molar-refractivity contribution is 0.0619. The van der Waals surface area contributed by atoms with Gasteiger partial charge in [-0.3, -0.25) is 0 Å². The molecule has 1 unspecified atom stereocenters. The summed E-state index contributed by atoms with van der Waals surface area (Å²) >= 11 is 1.68. The molecule has 1 aromatic heterocycles. The molecule has 1 aliphatic rings. The molecule has 0 radical (unpaired) electrons. The molecule has 1 saturated heterocycles. The molecule has 19 heavy (non-hydrogen) atoms. The van der Waals surface area contributed by atoms with Crippen LogP contribution in [0.2, 0.25) is 0 Å². The minimum Gasteiger partial charge on any atom is -0.381 e. The van der Waals surface area contributed by atoms with Gasteiger partial charge in [0.05, 0.1) is 0 Å². The largest absolute Gasteiger partial charge is 0.381 e. The topological polar surface area (TPSA) is 35.2 Å². The zero-order valence-corrected chi connectivity index (χ0v) is 11.6. The van der Waals surface area contributed by atoms with E-state index in [2.05, 4.69) is 0 Å². The molecule has 1 fully saturated rings. The highest BCUT2D eigenvalue weighted by atomic mass is 32.1. The number of ether oxygens (including phenoxy) is 1. The van der Waals surface area contributed by atoms with Crippen molar-refractivity contribution < 1.29 is 9.13 Å². The van der Waals surface area contributed by atoms with E-state index in [4.69, 9.17) is 10.5 Å². The van der Waals surface area contributed by atoms with E-state index in [1.54, 1.807) is 17.4 Å². The number of thiophene rings is 1. The fourth-order valence-electron chi connectivity index (χ4n) is 2.67. The van der Waals surface area contributed by atoms with Crippen LogP contribution >= 0.6 is 11.3 Å². The van der Waals surface area contributed by atoms with Gasteiger partial charge in [-0.05, 0) is 54.8 Å². The van der Waals surface area contributed by atoms with Gasteiger partial charge in [0.15, 0.2) is 0 Å². The molecule has 102 valence electrons. The van der Waals surface area contributed by atoms with Crippen LogP contribution in [0.15, 0.2) is 24.3 Å². The third kappa shape index (κ3) is 2.96. The Labute approximate surface area is 116 Å². The number of hydrogen-bond donors (Lipinski definition) is 1. The number of nitrogens with two attached hydrogens (primary N) is 1. The summed E-state index contributed by atoms with van der Waals surface area (Å²) in [6.45, 7) is 1.71. The van der Waals surface area contributed by atoms with Gasteiger partial charge in [0.25, 0.3) is 0 Å². The van der Waals surface area contributed by atoms with Gasteiger partial charge in [-0.25, -0.2) is 4.39 Å². The van der Waals surface area contributed by atoms with Crippen molar-refractivity contribution in [3.05, 3.63) is 35.0 Å². The van der Waals surface area contributed by atoms with Crippen LogP contribution in [0.3, 0.4) is 0 Å². The molecule has 1 aromatic carbocycles. The van der Waals surface area contributed by atoms with E-state index in [9.17, 15) is 4.39 Å². The van der Waals surface area contributed by atoms with Gasteiger partial charge in [0, 0.05) is 28.8 Å². The fraction of sp³-hybridized carbons (Fsp3) is 0.467. The molecule has 0 amide bonds. The Bertz CT molecular complexity index is 562. The SMILES string of the molecule is NC(CC1CCOCC1)c1cc2cc(F)ccc2s1. The maximum absolute atomic E-state index is 13.2. The monoisotopic (exact) mass is 279 g/mol. The molecular weight excluding hydrogens is 261 g/mol. The Kier molecular flexibility index (Phi) is 3.82. The normalized spacial score (nSPS) is 18.8. The standard InChI is InChI=1S/C15H18FNOS/c16-12-1-2-14-11(8-12)9-15(19-14)13(17)7-10-3-5-18-6-4-10/h1-2,8-10,13H,3-7,17H2. The Morgan fingerprint density at radius 1 is 1.32 bits per heavy atom. The first-order valence-electron chi connectivity index (χ1n) is 6.74. The van der Waals surface area contributed by atoms with Crippen LogP contribution in [0.4, 0.5) is 4.39 Å². The van der Waals surface area contributed by atoms with E-state index in [-0.39, 0.29) is 11.9 Å². The average Bonchev–Trinajstić information content (AvgIpc) is 2.83. The van der Waals surface area contributed by atoms with Gasteiger partial charge in [0.2, 0.25) is 0 Å². The average molecular weight is 279 g/mol. The summed E-state index contributed by atoms with van der Waals surface area (Å²) in [6, 6.07) is 7.01. The van der Waals surface area contributed by atoms with Crippen molar-refractivity contribution >= 4 is 21.4 Å². The lowest BCUT2D eigenvalue weighted by Crippen LogP contribution is -2.21. The summed E-state index contributed by atoms with van der Waals surface area (Å²) in [6.07, 6.45) is 3.21. The van der Waals surface area contributed by atoms with E-state index < -0.39 is 0 Å². The smallest absolute Gasteiger partial charge is 0.123 e. The lowest BCUT2D eigenvalue weighted by atomic mass is 9.92. The van der Waals surface area contributed by atoms with E-state index >= 15 is 0 Å². The first-order chi connectivity index (χ1) is 9.22. The van der Waals surface area contributed by atoms with Crippen molar-refractivity contribution in [3.63, 3.8) is 0 Å². The Hall–Kier alpha value is -0.970. The van der Waals surface area contributed by atoms with Crippen molar-refractivity contribution in [2.75, 3.05) is 13.2 Å². The third-order valence-electron chi connectivity index (χ3n) is 3.79. The van der Waals surface area contributed by atoms with Crippen LogP contribution in [0.25, 0.3) is 10.1 Å². The van der Waals surface area contributed by atoms with Crippen molar-refractivity contribution in [1.29, 1.82) is 0 Å². The van der Waals surface area contributed by atoms with E-state index in [0.29, 0.717) is 5.92 Å². The van der Waals surface area contributed by atoms with Gasteiger partial charge < -0.3 is 10.5 Å². The second-order valence-corrected chi connectivity index (χ2v) is 6.34. The van der Waals surface area contributed by atoms with Crippen molar-refractivity contribution in [2.45, 2.75) is 25.3 Å². The molecule has 1 atom stereocenters. The molecule has 0 saturated carbocycles. The molecule has 2 aromatic rings. The molecular formula is C15H18FNOS. The highest BCUT2D eigenvalue weighted by molar-refractivity contribution is 7.19. The zero-order valence-electron chi connectivity index (χ0n) is 10.8. The minimum absolute atomic E-state index is 0.0589. The second-order valence-electron chi connectivity index (χ2n) is 5.23. The van der Waals surface area contributed by atoms with Gasteiger partial charge in [0.1, 0.15) is 5.82 Å². The molecule has 0 aliphatic carbocycles. The number of fused-ring (bicyclic) bond motifs is 1. The fourth-order valence-corrected chi connectivity index (χ4v) is 3.73. The Balaban J connectivity index is 1.75. The van der Waals surface area contributed by atoms with Crippen molar-refractivity contribution in [2.24, 2.45) is 11.7 Å². The summed E-state index contributed by atoms with van der Waals surface area (Å²) < 4.78 is 19.7. The maximum Gasteiger partial charge on any atom is 0.123 e. The zero-order chi connectivity index (χ0) is 13.2. The number of rotatable bonds is 3. The molecule has 2 nitrogen and oxygen atoms in total. The van der Waals surface area contributed by atoms with Crippen LogP contribution in [-0.2, 0) is 4.74 Å². The van der Waals surface area contributed by atoms with Crippen LogP contribution in [0, 0.1) is 11.7 Å². The predicted octanol–water partition coefficient (Wildman–Crippen LogP) is 3.86. The van der Waals surface area contributed by atoms with Crippen molar-refractivity contribution in [3.8, 4) is 0 Å². The highest BCUT2D eigenvalue weighted by Gasteiger charge is 2.19. The van der Waals surface area contributed by atoms with Gasteiger partial charge in [-0.1, -0.05) is 0 Å². The quantitative estimate of drug-likeness (QED) is 0.926. The van der Waals surface area contributed by atoms with E-state index in [1.807, 2.05) is 12.1 Å². The maximum atomic E-state index is 13.2. The molecule has 0 bridgehead atoms. The highest BCUT2D eigenvalue weighted by Crippen LogP contribution is 2.33. The first kappa shape index (κ1) is 13.0. The summed E-state index contributed by atoms with van der Waals surface area (Å²) in [4.78, 5) is 1.16.